The lowest BCUT2D eigenvalue weighted by molar-refractivity contribution is 0.262. The largest absolute Gasteiger partial charge is 0.323 e. The molecule has 0 aliphatic rings. The lowest BCUT2D eigenvalue weighted by Gasteiger charge is -2.13. The predicted molar refractivity (Wildman–Crippen MR) is 107 cm³/mol. The van der Waals surface area contributed by atoms with Crippen LogP contribution in [0.1, 0.15) is 5.56 Å². The van der Waals surface area contributed by atoms with E-state index >= 15 is 0 Å². The minimum atomic E-state index is -3.53. The SMILES string of the molecule is CN(C)S(=O)(=O)c1ccc(NC(=O)Nc2c(Br)cc(Br)cc2C#N)cc1. The summed E-state index contributed by atoms with van der Waals surface area (Å²) in [6, 6.07) is 10.5. The maximum Gasteiger partial charge on any atom is 0.323 e. The van der Waals surface area contributed by atoms with Crippen LogP contribution < -0.4 is 10.6 Å². The van der Waals surface area contributed by atoms with E-state index in [4.69, 9.17) is 0 Å². The maximum atomic E-state index is 12.2. The molecule has 0 aliphatic carbocycles. The van der Waals surface area contributed by atoms with Crippen LogP contribution in [0, 0.1) is 11.3 Å². The van der Waals surface area contributed by atoms with Crippen LogP contribution in [0.25, 0.3) is 0 Å². The second kappa shape index (κ2) is 8.18. The fourth-order valence-corrected chi connectivity index (χ4v) is 4.21. The van der Waals surface area contributed by atoms with Gasteiger partial charge in [-0.2, -0.15) is 5.26 Å². The molecule has 0 saturated carbocycles. The summed E-state index contributed by atoms with van der Waals surface area (Å²) in [6.07, 6.45) is 0. The van der Waals surface area contributed by atoms with Crippen molar-refractivity contribution in [2.24, 2.45) is 0 Å². The molecule has 0 bridgehead atoms. The van der Waals surface area contributed by atoms with E-state index in [1.165, 1.54) is 38.4 Å². The molecule has 10 heteroatoms. The van der Waals surface area contributed by atoms with Crippen molar-refractivity contribution < 1.29 is 13.2 Å². The lowest BCUT2D eigenvalue weighted by Crippen LogP contribution is -2.22. The summed E-state index contributed by atoms with van der Waals surface area (Å²) in [4.78, 5) is 12.3. The molecule has 2 rings (SSSR count). The molecule has 0 saturated heterocycles. The van der Waals surface area contributed by atoms with E-state index in [0.717, 1.165) is 4.31 Å². The van der Waals surface area contributed by atoms with Gasteiger partial charge in [-0.3, -0.25) is 0 Å². The minimum absolute atomic E-state index is 0.121. The number of nitriles is 1. The van der Waals surface area contributed by atoms with Crippen LogP contribution in [0.5, 0.6) is 0 Å². The normalized spacial score (nSPS) is 11.1. The van der Waals surface area contributed by atoms with Gasteiger partial charge in [0.15, 0.2) is 0 Å². The summed E-state index contributed by atoms with van der Waals surface area (Å²) in [7, 11) is -0.647. The third-order valence-electron chi connectivity index (χ3n) is 3.30. The van der Waals surface area contributed by atoms with E-state index in [2.05, 4.69) is 42.5 Å². The molecule has 0 spiro atoms. The van der Waals surface area contributed by atoms with Crippen molar-refractivity contribution in [1.29, 1.82) is 5.26 Å². The first-order valence-corrected chi connectivity index (χ1v) is 10.2. The Morgan fingerprint density at radius 2 is 1.73 bits per heavy atom. The zero-order chi connectivity index (χ0) is 19.5. The molecule has 2 aromatic carbocycles. The van der Waals surface area contributed by atoms with E-state index in [9.17, 15) is 18.5 Å². The fraction of sp³-hybridized carbons (Fsp3) is 0.125. The summed E-state index contributed by atoms with van der Waals surface area (Å²) in [5.41, 5.74) is 1.03. The molecule has 2 aromatic rings. The number of nitrogens with one attached hydrogen (secondary N) is 2. The van der Waals surface area contributed by atoms with Crippen LogP contribution in [-0.4, -0.2) is 32.8 Å². The topological polar surface area (TPSA) is 102 Å². The number of halogens is 2. The number of hydrogen-bond acceptors (Lipinski definition) is 4. The number of hydrogen-bond donors (Lipinski definition) is 2. The highest BCUT2D eigenvalue weighted by atomic mass is 79.9. The molecule has 26 heavy (non-hydrogen) atoms. The lowest BCUT2D eigenvalue weighted by atomic mass is 10.2. The van der Waals surface area contributed by atoms with Gasteiger partial charge in [-0.05, 0) is 52.3 Å². The molecule has 0 unspecified atom stereocenters. The van der Waals surface area contributed by atoms with Crippen LogP contribution in [0.4, 0.5) is 16.2 Å². The van der Waals surface area contributed by atoms with Gasteiger partial charge in [-0.1, -0.05) is 15.9 Å². The summed E-state index contributed by atoms with van der Waals surface area (Å²) in [6.45, 7) is 0. The predicted octanol–water partition coefficient (Wildman–Crippen LogP) is 3.98. The van der Waals surface area contributed by atoms with Gasteiger partial charge in [0.1, 0.15) is 6.07 Å². The van der Waals surface area contributed by atoms with Gasteiger partial charge in [-0.15, -0.1) is 0 Å². The van der Waals surface area contributed by atoms with Crippen LogP contribution in [0.15, 0.2) is 50.2 Å². The molecular weight excluding hydrogens is 488 g/mol. The number of amides is 2. The van der Waals surface area contributed by atoms with Crippen LogP contribution in [-0.2, 0) is 10.0 Å². The number of carbonyl (C=O) groups is 1. The standard InChI is InChI=1S/C16H14Br2N4O3S/c1-22(2)26(24,25)13-5-3-12(4-6-13)20-16(23)21-15-10(9-19)7-11(17)8-14(15)18/h3-8H,1-2H3,(H2,20,21,23). The van der Waals surface area contributed by atoms with Crippen LogP contribution in [0.2, 0.25) is 0 Å². The van der Waals surface area contributed by atoms with E-state index < -0.39 is 16.1 Å². The molecule has 0 atom stereocenters. The number of benzene rings is 2. The molecule has 0 radical (unpaired) electrons. The van der Waals surface area contributed by atoms with Gasteiger partial charge in [0.2, 0.25) is 10.0 Å². The molecule has 0 aliphatic heterocycles. The Hall–Kier alpha value is -1.93. The second-order valence-electron chi connectivity index (χ2n) is 5.31. The number of anilines is 2. The Labute approximate surface area is 168 Å². The molecule has 2 N–H and O–H groups in total. The van der Waals surface area contributed by atoms with Gasteiger partial charge in [0, 0.05) is 28.7 Å². The first-order valence-electron chi connectivity index (χ1n) is 7.15. The first-order chi connectivity index (χ1) is 12.1. The Morgan fingerprint density at radius 3 is 2.27 bits per heavy atom. The van der Waals surface area contributed by atoms with Gasteiger partial charge < -0.3 is 10.6 Å². The first kappa shape index (κ1) is 20.4. The van der Waals surface area contributed by atoms with E-state index in [1.807, 2.05) is 6.07 Å². The van der Waals surface area contributed by atoms with E-state index in [1.54, 1.807) is 12.1 Å². The molecule has 0 fully saturated rings. The molecule has 0 aromatic heterocycles. The number of nitrogens with zero attached hydrogens (tertiary/aromatic N) is 2. The summed E-state index contributed by atoms with van der Waals surface area (Å²) >= 11 is 6.58. The zero-order valence-corrected chi connectivity index (χ0v) is 17.7. The number of rotatable bonds is 4. The van der Waals surface area contributed by atoms with Gasteiger partial charge in [0.25, 0.3) is 0 Å². The van der Waals surface area contributed by atoms with Gasteiger partial charge in [-0.25, -0.2) is 17.5 Å². The Bertz CT molecular complexity index is 984. The summed E-state index contributed by atoms with van der Waals surface area (Å²) in [5, 5.41) is 14.4. The molecule has 7 nitrogen and oxygen atoms in total. The Kier molecular flexibility index (Phi) is 6.41. The zero-order valence-electron chi connectivity index (χ0n) is 13.7. The second-order valence-corrected chi connectivity index (χ2v) is 9.23. The Morgan fingerprint density at radius 1 is 1.12 bits per heavy atom. The Balaban J connectivity index is 2.16. The van der Waals surface area contributed by atoms with Crippen molar-refractivity contribution in [2.75, 3.05) is 24.7 Å². The minimum Gasteiger partial charge on any atom is -0.308 e. The third kappa shape index (κ3) is 4.62. The highest BCUT2D eigenvalue weighted by Gasteiger charge is 2.17. The van der Waals surface area contributed by atoms with Crippen molar-refractivity contribution in [1.82, 2.24) is 4.31 Å². The van der Waals surface area contributed by atoms with Gasteiger partial charge >= 0.3 is 6.03 Å². The monoisotopic (exact) mass is 500 g/mol. The summed E-state index contributed by atoms with van der Waals surface area (Å²) in [5.74, 6) is 0. The number of sulfonamides is 1. The smallest absolute Gasteiger partial charge is 0.308 e. The van der Waals surface area contributed by atoms with Crippen molar-refractivity contribution in [3.63, 3.8) is 0 Å². The number of urea groups is 1. The molecular formula is C16H14Br2N4O3S. The molecule has 2 amide bonds. The summed E-state index contributed by atoms with van der Waals surface area (Å²) < 4.78 is 26.4. The maximum absolute atomic E-state index is 12.2. The van der Waals surface area contributed by atoms with Crippen molar-refractivity contribution >= 4 is 59.3 Å². The van der Waals surface area contributed by atoms with E-state index in [-0.39, 0.29) is 10.5 Å². The van der Waals surface area contributed by atoms with Crippen LogP contribution in [0.3, 0.4) is 0 Å². The number of carbonyl (C=O) groups excluding carboxylic acids is 1. The molecule has 136 valence electrons. The van der Waals surface area contributed by atoms with Crippen molar-refractivity contribution in [3.05, 3.63) is 50.9 Å². The van der Waals surface area contributed by atoms with Gasteiger partial charge in [0.05, 0.1) is 16.1 Å². The van der Waals surface area contributed by atoms with Crippen molar-refractivity contribution in [3.8, 4) is 6.07 Å². The quantitative estimate of drug-likeness (QED) is 0.661. The van der Waals surface area contributed by atoms with E-state index in [0.29, 0.717) is 20.3 Å². The van der Waals surface area contributed by atoms with Crippen molar-refractivity contribution in [2.45, 2.75) is 4.90 Å². The van der Waals surface area contributed by atoms with Crippen LogP contribution >= 0.6 is 31.9 Å². The average molecular weight is 502 g/mol. The highest BCUT2D eigenvalue weighted by molar-refractivity contribution is 9.11. The molecule has 0 heterocycles. The fourth-order valence-electron chi connectivity index (χ4n) is 1.99. The highest BCUT2D eigenvalue weighted by Crippen LogP contribution is 2.30. The average Bonchev–Trinajstić information content (AvgIpc) is 2.57. The third-order valence-corrected chi connectivity index (χ3v) is 6.22.